The molecule has 0 spiro atoms. The molecule has 1 fully saturated rings. The van der Waals surface area contributed by atoms with Crippen molar-refractivity contribution in [1.29, 1.82) is 5.26 Å². The van der Waals surface area contributed by atoms with Gasteiger partial charge in [-0.1, -0.05) is 42.5 Å². The van der Waals surface area contributed by atoms with Crippen LogP contribution in [0.25, 0.3) is 0 Å². The van der Waals surface area contributed by atoms with Crippen molar-refractivity contribution in [3.05, 3.63) is 89.6 Å². The number of carbonyl (C=O) groups is 1. The quantitative estimate of drug-likeness (QED) is 0.450. The molecule has 0 aliphatic carbocycles. The van der Waals surface area contributed by atoms with Gasteiger partial charge in [-0.15, -0.1) is 0 Å². The molecule has 0 radical (unpaired) electrons. The number of benzene rings is 2. The van der Waals surface area contributed by atoms with Crippen LogP contribution in [0.1, 0.15) is 29.0 Å². The van der Waals surface area contributed by atoms with Crippen molar-refractivity contribution >= 4 is 17.4 Å². The Labute approximate surface area is 203 Å². The third-order valence-corrected chi connectivity index (χ3v) is 6.07. The van der Waals surface area contributed by atoms with E-state index in [4.69, 9.17) is 5.26 Å². The van der Waals surface area contributed by atoms with Gasteiger partial charge >= 0.3 is 0 Å². The number of nitrogens with one attached hydrogen (secondary N) is 2. The Hall–Kier alpha value is -3.83. The van der Waals surface area contributed by atoms with Gasteiger partial charge in [0.15, 0.2) is 0 Å². The van der Waals surface area contributed by atoms with Crippen LogP contribution in [0.4, 0.5) is 20.3 Å². The Morgan fingerprint density at radius 3 is 2.51 bits per heavy atom. The molecule has 1 aliphatic rings. The average Bonchev–Trinajstić information content (AvgIpc) is 3.25. The average molecular weight is 476 g/mol. The number of halogens is 2. The fourth-order valence-electron chi connectivity index (χ4n) is 4.09. The fraction of sp³-hybridized carbons (Fsp3) is 0.296. The molecule has 1 amide bonds. The molecule has 1 atom stereocenters. The van der Waals surface area contributed by atoms with Gasteiger partial charge in [-0.2, -0.15) is 5.26 Å². The van der Waals surface area contributed by atoms with Crippen LogP contribution in [0.3, 0.4) is 0 Å². The largest absolute Gasteiger partial charge is 0.364 e. The number of alkyl halides is 2. The lowest BCUT2D eigenvalue weighted by Gasteiger charge is -2.19. The molecule has 6 nitrogen and oxygen atoms in total. The van der Waals surface area contributed by atoms with Crippen LogP contribution in [-0.4, -0.2) is 43.0 Å². The van der Waals surface area contributed by atoms with Gasteiger partial charge in [0.2, 0.25) is 5.91 Å². The second-order valence-electron chi connectivity index (χ2n) is 8.64. The predicted molar refractivity (Wildman–Crippen MR) is 132 cm³/mol. The third-order valence-electron chi connectivity index (χ3n) is 6.07. The van der Waals surface area contributed by atoms with E-state index in [1.165, 1.54) is 6.20 Å². The van der Waals surface area contributed by atoms with Crippen LogP contribution in [0.15, 0.2) is 72.9 Å². The molecule has 3 aromatic rings. The third kappa shape index (κ3) is 6.61. The molecule has 4 rings (SSSR count). The maximum Gasteiger partial charge on any atom is 0.266 e. The van der Waals surface area contributed by atoms with E-state index >= 15 is 0 Å². The minimum absolute atomic E-state index is 0.164. The van der Waals surface area contributed by atoms with Gasteiger partial charge in [-0.05, 0) is 48.4 Å². The Morgan fingerprint density at radius 1 is 1.11 bits per heavy atom. The Kier molecular flexibility index (Phi) is 7.68. The molecule has 2 heterocycles. The summed E-state index contributed by atoms with van der Waals surface area (Å²) in [7, 11) is 0. The predicted octanol–water partition coefficient (Wildman–Crippen LogP) is 4.35. The second kappa shape index (κ2) is 11.1. The Morgan fingerprint density at radius 2 is 1.89 bits per heavy atom. The molecule has 1 unspecified atom stereocenters. The number of pyridine rings is 1. The number of aromatic nitrogens is 1. The molecule has 1 aliphatic heterocycles. The van der Waals surface area contributed by atoms with Crippen molar-refractivity contribution in [3.8, 4) is 6.07 Å². The van der Waals surface area contributed by atoms with Gasteiger partial charge in [0, 0.05) is 19.5 Å². The molecule has 8 heteroatoms. The lowest BCUT2D eigenvalue weighted by atomic mass is 9.98. The highest BCUT2D eigenvalue weighted by Gasteiger charge is 2.38. The van der Waals surface area contributed by atoms with Gasteiger partial charge in [0.05, 0.1) is 36.0 Å². The molecule has 0 saturated carbocycles. The van der Waals surface area contributed by atoms with Crippen LogP contribution in [0, 0.1) is 11.3 Å². The highest BCUT2D eigenvalue weighted by atomic mass is 19.3. The number of amides is 1. The van der Waals surface area contributed by atoms with Gasteiger partial charge in [0.25, 0.3) is 5.92 Å². The number of hydrogen-bond donors (Lipinski definition) is 2. The molecular formula is C27H27F2N5O. The summed E-state index contributed by atoms with van der Waals surface area (Å²) >= 11 is 0. The number of rotatable bonds is 9. The van der Waals surface area contributed by atoms with E-state index in [1.54, 1.807) is 29.2 Å². The van der Waals surface area contributed by atoms with Crippen molar-refractivity contribution < 1.29 is 13.6 Å². The second-order valence-corrected chi connectivity index (χ2v) is 8.64. The number of nitrogens with zero attached hydrogens (tertiary/aromatic N) is 3. The van der Waals surface area contributed by atoms with Crippen LogP contribution < -0.4 is 15.5 Å². The van der Waals surface area contributed by atoms with Crippen LogP contribution in [0.5, 0.6) is 0 Å². The van der Waals surface area contributed by atoms with Gasteiger partial charge in [-0.25, -0.2) is 13.8 Å². The van der Waals surface area contributed by atoms with Crippen LogP contribution >= 0.6 is 0 Å². The van der Waals surface area contributed by atoms with Crippen molar-refractivity contribution in [2.45, 2.75) is 24.7 Å². The highest BCUT2D eigenvalue weighted by Crippen LogP contribution is 2.30. The van der Waals surface area contributed by atoms with Crippen molar-refractivity contribution in [2.75, 3.05) is 36.4 Å². The Balaban J connectivity index is 1.35. The van der Waals surface area contributed by atoms with E-state index in [0.717, 1.165) is 17.5 Å². The van der Waals surface area contributed by atoms with E-state index < -0.39 is 11.8 Å². The first-order valence-corrected chi connectivity index (χ1v) is 11.6. The fourth-order valence-corrected chi connectivity index (χ4v) is 4.09. The number of hydrogen-bond acceptors (Lipinski definition) is 5. The summed E-state index contributed by atoms with van der Waals surface area (Å²) in [6.45, 7) is 1.08. The highest BCUT2D eigenvalue weighted by molar-refractivity contribution is 5.95. The lowest BCUT2D eigenvalue weighted by Crippen LogP contribution is -2.32. The summed E-state index contributed by atoms with van der Waals surface area (Å²) in [5.74, 6) is -2.93. The van der Waals surface area contributed by atoms with E-state index in [9.17, 15) is 13.6 Å². The van der Waals surface area contributed by atoms with Crippen molar-refractivity contribution in [3.63, 3.8) is 0 Å². The first kappa shape index (κ1) is 24.3. The molecule has 2 N–H and O–H groups in total. The maximum absolute atomic E-state index is 13.5. The zero-order valence-corrected chi connectivity index (χ0v) is 19.3. The molecule has 2 aromatic carbocycles. The Bertz CT molecular complexity index is 1160. The molecule has 35 heavy (non-hydrogen) atoms. The summed E-state index contributed by atoms with van der Waals surface area (Å²) in [6.07, 6.45) is 2.13. The molecule has 180 valence electrons. The van der Waals surface area contributed by atoms with E-state index in [2.05, 4.69) is 21.7 Å². The summed E-state index contributed by atoms with van der Waals surface area (Å²) in [6, 6.07) is 22.4. The molecule has 0 bridgehead atoms. The smallest absolute Gasteiger partial charge is 0.266 e. The van der Waals surface area contributed by atoms with E-state index in [1.807, 2.05) is 42.5 Å². The van der Waals surface area contributed by atoms with E-state index in [0.29, 0.717) is 30.2 Å². The summed E-state index contributed by atoms with van der Waals surface area (Å²) in [4.78, 5) is 19.0. The van der Waals surface area contributed by atoms with Gasteiger partial charge in [-0.3, -0.25) is 4.79 Å². The van der Waals surface area contributed by atoms with Gasteiger partial charge < -0.3 is 15.5 Å². The maximum atomic E-state index is 13.5. The minimum atomic E-state index is -2.68. The summed E-state index contributed by atoms with van der Waals surface area (Å²) in [5, 5.41) is 15.1. The van der Waals surface area contributed by atoms with Crippen molar-refractivity contribution in [1.82, 2.24) is 10.3 Å². The normalized spacial score (nSPS) is 15.4. The summed E-state index contributed by atoms with van der Waals surface area (Å²) in [5.41, 5.74) is 3.23. The SMILES string of the molecule is N#Cc1ccc(CCNCC(C(=O)Nc2ccc(N3CCC(F)(F)C3)cn2)c2ccccc2)cc1. The number of nitriles is 1. The van der Waals surface area contributed by atoms with Crippen LogP contribution in [-0.2, 0) is 11.2 Å². The molecule has 1 saturated heterocycles. The van der Waals surface area contributed by atoms with Crippen molar-refractivity contribution in [2.24, 2.45) is 0 Å². The molecule has 1 aromatic heterocycles. The van der Waals surface area contributed by atoms with Gasteiger partial charge in [0.1, 0.15) is 5.82 Å². The lowest BCUT2D eigenvalue weighted by molar-refractivity contribution is -0.117. The first-order valence-electron chi connectivity index (χ1n) is 11.6. The summed E-state index contributed by atoms with van der Waals surface area (Å²) < 4.78 is 27.0. The monoisotopic (exact) mass is 475 g/mol. The standard InChI is InChI=1S/C27H27F2N5O/c28-27(29)13-15-34(19-27)23-10-11-25(32-17-23)33-26(35)24(22-4-2-1-3-5-22)18-31-14-12-20-6-8-21(16-30)9-7-20/h1-11,17,24,31H,12-15,18-19H2,(H,32,33,35). The topological polar surface area (TPSA) is 81.0 Å². The zero-order chi connectivity index (χ0) is 24.7. The number of carbonyl (C=O) groups excluding carboxylic acids is 1. The minimum Gasteiger partial charge on any atom is -0.364 e. The van der Waals surface area contributed by atoms with Crippen LogP contribution in [0.2, 0.25) is 0 Å². The first-order chi connectivity index (χ1) is 16.9. The number of anilines is 2. The molecular weight excluding hydrogens is 448 g/mol. The van der Waals surface area contributed by atoms with E-state index in [-0.39, 0.29) is 25.4 Å². The zero-order valence-electron chi connectivity index (χ0n) is 19.3.